The average molecular weight is 663 g/mol. The predicted molar refractivity (Wildman–Crippen MR) is 166 cm³/mol. The average Bonchev–Trinajstić information content (AvgIpc) is 3.55. The third kappa shape index (κ3) is 7.75. The Labute approximate surface area is 278 Å². The van der Waals surface area contributed by atoms with E-state index in [9.17, 15) is 14.4 Å². The van der Waals surface area contributed by atoms with Crippen molar-refractivity contribution >= 4 is 17.9 Å². The summed E-state index contributed by atoms with van der Waals surface area (Å²) in [6.45, 7) is 4.56. The summed E-state index contributed by atoms with van der Waals surface area (Å²) in [5.41, 5.74) is 0.273. The highest BCUT2D eigenvalue weighted by Gasteiger charge is 2.63. The van der Waals surface area contributed by atoms with Gasteiger partial charge in [-0.3, -0.25) is 4.79 Å². The zero-order valence-electron chi connectivity index (χ0n) is 26.9. The Kier molecular flexibility index (Phi) is 10.2. The van der Waals surface area contributed by atoms with Crippen molar-refractivity contribution in [3.05, 3.63) is 108 Å². The van der Waals surface area contributed by atoms with Crippen LogP contribution in [0.1, 0.15) is 47.1 Å². The van der Waals surface area contributed by atoms with Gasteiger partial charge in [-0.1, -0.05) is 66.7 Å². The van der Waals surface area contributed by atoms with Crippen LogP contribution in [-0.4, -0.2) is 86.1 Å². The van der Waals surface area contributed by atoms with Crippen molar-refractivity contribution in [1.82, 2.24) is 0 Å². The van der Waals surface area contributed by atoms with Crippen LogP contribution in [0.5, 0.6) is 0 Å². The highest BCUT2D eigenvalue weighted by atomic mass is 16.8. The molecule has 3 aliphatic heterocycles. The van der Waals surface area contributed by atoms with E-state index in [2.05, 4.69) is 0 Å². The predicted octanol–water partition coefficient (Wildman–Crippen LogP) is 4.21. The van der Waals surface area contributed by atoms with Gasteiger partial charge in [-0.2, -0.15) is 0 Å². The first kappa shape index (κ1) is 33.7. The van der Waals surface area contributed by atoms with Crippen LogP contribution in [0.2, 0.25) is 0 Å². The number of rotatable bonds is 11. The molecule has 0 N–H and O–H groups in total. The molecule has 0 bridgehead atoms. The Hall–Kier alpha value is -4.17. The van der Waals surface area contributed by atoms with Crippen LogP contribution in [-0.2, 0) is 54.0 Å². The minimum absolute atomic E-state index is 0.0286. The first-order valence-electron chi connectivity index (χ1n) is 15.7. The molecule has 0 saturated carbocycles. The molecule has 0 aromatic heterocycles. The number of benzene rings is 3. The van der Waals surface area contributed by atoms with E-state index in [-0.39, 0.29) is 32.0 Å². The van der Waals surface area contributed by atoms with Gasteiger partial charge in [0, 0.05) is 6.92 Å². The maximum absolute atomic E-state index is 13.5. The van der Waals surface area contributed by atoms with Crippen molar-refractivity contribution in [1.29, 1.82) is 0 Å². The number of ether oxygens (including phenoxy) is 9. The fourth-order valence-corrected chi connectivity index (χ4v) is 5.93. The molecule has 3 aliphatic rings. The quantitative estimate of drug-likeness (QED) is 0.215. The van der Waals surface area contributed by atoms with E-state index in [1.807, 2.05) is 30.3 Å². The second-order valence-corrected chi connectivity index (χ2v) is 12.2. The lowest BCUT2D eigenvalue weighted by Crippen LogP contribution is -2.59. The summed E-state index contributed by atoms with van der Waals surface area (Å²) in [5.74, 6) is -2.86. The number of esters is 3. The fraction of sp³-hybridized carbons (Fsp3) is 0.417. The Morgan fingerprint density at radius 1 is 0.771 bits per heavy atom. The van der Waals surface area contributed by atoms with E-state index < -0.39 is 66.3 Å². The van der Waals surface area contributed by atoms with E-state index >= 15 is 0 Å². The third-order valence-electron chi connectivity index (χ3n) is 8.09. The molecule has 254 valence electrons. The SMILES string of the molecule is CC(=O)OC[C@@]12CO[C@@H](O[C@@H]3[C@@H](OC(=O)c4ccccc4)[C@@H](OCc4ccccc4)OC[C@H]3OC(=O)c3ccccc3)[C@@H]1OC(C)(C)O2. The van der Waals surface area contributed by atoms with Crippen LogP contribution in [0.3, 0.4) is 0 Å². The largest absolute Gasteiger partial charge is 0.463 e. The topological polar surface area (TPSA) is 134 Å². The molecule has 48 heavy (non-hydrogen) atoms. The second-order valence-electron chi connectivity index (χ2n) is 12.2. The maximum atomic E-state index is 13.5. The maximum Gasteiger partial charge on any atom is 0.338 e. The number of hydrogen-bond acceptors (Lipinski definition) is 12. The summed E-state index contributed by atoms with van der Waals surface area (Å²) in [6, 6.07) is 26.3. The summed E-state index contributed by atoms with van der Waals surface area (Å²) >= 11 is 0. The number of hydrogen-bond donors (Lipinski definition) is 0. The van der Waals surface area contributed by atoms with Crippen LogP contribution in [0, 0.1) is 0 Å². The number of fused-ring (bicyclic) bond motifs is 1. The lowest BCUT2D eigenvalue weighted by Gasteiger charge is -2.42. The van der Waals surface area contributed by atoms with Crippen LogP contribution < -0.4 is 0 Å². The summed E-state index contributed by atoms with van der Waals surface area (Å²) in [7, 11) is 0. The summed E-state index contributed by atoms with van der Waals surface area (Å²) in [6.07, 6.45) is -6.59. The lowest BCUT2D eigenvalue weighted by atomic mass is 10.00. The molecule has 0 radical (unpaired) electrons. The molecule has 7 atom stereocenters. The zero-order valence-corrected chi connectivity index (χ0v) is 26.9. The van der Waals surface area contributed by atoms with E-state index in [1.165, 1.54) is 6.92 Å². The van der Waals surface area contributed by atoms with Crippen molar-refractivity contribution in [2.24, 2.45) is 0 Å². The highest BCUT2D eigenvalue weighted by molar-refractivity contribution is 5.90. The van der Waals surface area contributed by atoms with E-state index in [1.54, 1.807) is 74.5 Å². The Balaban J connectivity index is 1.32. The zero-order chi connectivity index (χ0) is 33.7. The van der Waals surface area contributed by atoms with Gasteiger partial charge in [-0.25, -0.2) is 9.59 Å². The van der Waals surface area contributed by atoms with Gasteiger partial charge in [0.15, 0.2) is 36.2 Å². The molecule has 0 amide bonds. The smallest absolute Gasteiger partial charge is 0.338 e. The molecular formula is C36H38O12. The molecule has 3 aromatic rings. The highest BCUT2D eigenvalue weighted by Crippen LogP contribution is 2.45. The number of carbonyl (C=O) groups is 3. The molecule has 6 rings (SSSR count). The minimum Gasteiger partial charge on any atom is -0.463 e. The van der Waals surface area contributed by atoms with Crippen molar-refractivity contribution in [2.75, 3.05) is 19.8 Å². The van der Waals surface area contributed by atoms with Gasteiger partial charge in [-0.05, 0) is 43.7 Å². The molecule has 0 aliphatic carbocycles. The molecule has 3 saturated heterocycles. The molecule has 0 unspecified atom stereocenters. The molecule has 12 nitrogen and oxygen atoms in total. The van der Waals surface area contributed by atoms with Gasteiger partial charge in [0.25, 0.3) is 0 Å². The van der Waals surface area contributed by atoms with Crippen molar-refractivity contribution < 1.29 is 57.0 Å². The summed E-state index contributed by atoms with van der Waals surface area (Å²) in [4.78, 5) is 38.6. The van der Waals surface area contributed by atoms with Crippen molar-refractivity contribution in [2.45, 2.75) is 75.8 Å². The fourth-order valence-electron chi connectivity index (χ4n) is 5.93. The monoisotopic (exact) mass is 662 g/mol. The first-order valence-corrected chi connectivity index (χ1v) is 15.7. The van der Waals surface area contributed by atoms with E-state index in [4.69, 9.17) is 42.6 Å². The Bertz CT molecular complexity index is 1550. The molecular weight excluding hydrogens is 624 g/mol. The van der Waals surface area contributed by atoms with Gasteiger partial charge in [0.05, 0.1) is 30.9 Å². The van der Waals surface area contributed by atoms with E-state index in [0.717, 1.165) is 5.56 Å². The summed E-state index contributed by atoms with van der Waals surface area (Å²) < 4.78 is 54.7. The first-order chi connectivity index (χ1) is 23.1. The van der Waals surface area contributed by atoms with Crippen molar-refractivity contribution in [3.8, 4) is 0 Å². The third-order valence-corrected chi connectivity index (χ3v) is 8.09. The van der Waals surface area contributed by atoms with Crippen LogP contribution >= 0.6 is 0 Å². The number of carbonyl (C=O) groups excluding carboxylic acids is 3. The molecule has 3 heterocycles. The Morgan fingerprint density at radius 2 is 1.38 bits per heavy atom. The van der Waals surface area contributed by atoms with Crippen LogP contribution in [0.25, 0.3) is 0 Å². The lowest BCUT2D eigenvalue weighted by molar-refractivity contribution is -0.311. The molecule has 0 spiro atoms. The standard InChI is InChI=1S/C36H38O12/c1-23(37)42-21-36-22-43-34(30(36)47-35(2,3)48-36)46-28-27(44-31(38)25-15-9-5-10-16-25)20-41-33(40-19-24-13-7-4-8-14-24)29(28)45-32(39)26-17-11-6-12-18-26/h4-18,27-30,33-34H,19-22H2,1-3H3/t27-,28+,29-,30+,33+,34+,36-/m1/s1. The molecule has 3 aromatic carbocycles. The summed E-state index contributed by atoms with van der Waals surface area (Å²) in [5, 5.41) is 0. The van der Waals surface area contributed by atoms with Crippen molar-refractivity contribution in [3.63, 3.8) is 0 Å². The second kappa shape index (κ2) is 14.5. The molecule has 12 heteroatoms. The van der Waals surface area contributed by atoms with Crippen LogP contribution in [0.15, 0.2) is 91.0 Å². The van der Waals surface area contributed by atoms with Gasteiger partial charge in [-0.15, -0.1) is 0 Å². The Morgan fingerprint density at radius 3 is 2.00 bits per heavy atom. The van der Waals surface area contributed by atoms with Gasteiger partial charge < -0.3 is 42.6 Å². The van der Waals surface area contributed by atoms with Gasteiger partial charge in [0.2, 0.25) is 0 Å². The minimum atomic E-state index is -1.24. The van der Waals surface area contributed by atoms with Gasteiger partial charge >= 0.3 is 17.9 Å². The van der Waals surface area contributed by atoms with E-state index in [0.29, 0.717) is 5.56 Å². The molecule has 3 fully saturated rings. The van der Waals surface area contributed by atoms with Gasteiger partial charge in [0.1, 0.15) is 18.8 Å². The normalized spacial score (nSPS) is 29.1. The van der Waals surface area contributed by atoms with Crippen LogP contribution in [0.4, 0.5) is 0 Å².